The minimum absolute atomic E-state index is 0.267. The maximum atomic E-state index is 10.3. The molecule has 0 fully saturated rings. The predicted octanol–water partition coefficient (Wildman–Crippen LogP) is 5.66. The Kier molecular flexibility index (Phi) is 14.7. The van der Waals surface area contributed by atoms with Crippen molar-refractivity contribution in [1.82, 2.24) is 0 Å². The van der Waals surface area contributed by atoms with Crippen LogP contribution in [0.1, 0.15) is 71.1 Å². The van der Waals surface area contributed by atoms with E-state index in [1.807, 2.05) is 0 Å². The van der Waals surface area contributed by atoms with E-state index in [-0.39, 0.29) is 6.42 Å². The van der Waals surface area contributed by atoms with Gasteiger partial charge in [-0.25, -0.2) is 0 Å². The van der Waals surface area contributed by atoms with Crippen molar-refractivity contribution >= 4 is 5.97 Å². The van der Waals surface area contributed by atoms with Gasteiger partial charge in [-0.3, -0.25) is 4.79 Å². The van der Waals surface area contributed by atoms with Crippen molar-refractivity contribution in [1.29, 1.82) is 0 Å². The van der Waals surface area contributed by atoms with Gasteiger partial charge in [-0.1, -0.05) is 62.6 Å². The van der Waals surface area contributed by atoms with Crippen LogP contribution in [0.3, 0.4) is 0 Å². The molecule has 2 nitrogen and oxygen atoms in total. The summed E-state index contributed by atoms with van der Waals surface area (Å²) in [5.41, 5.74) is 0. The third kappa shape index (κ3) is 16.7. The molecule has 0 amide bonds. The van der Waals surface area contributed by atoms with Gasteiger partial charge in [-0.2, -0.15) is 0 Å². The van der Waals surface area contributed by atoms with Gasteiger partial charge in [0.2, 0.25) is 0 Å². The molecule has 0 radical (unpaired) electrons. The van der Waals surface area contributed by atoms with Crippen molar-refractivity contribution < 1.29 is 9.90 Å². The quantitative estimate of drug-likeness (QED) is 0.348. The van der Waals surface area contributed by atoms with Crippen LogP contribution in [0.4, 0.5) is 0 Å². The van der Waals surface area contributed by atoms with Gasteiger partial charge >= 0.3 is 5.97 Å². The molecule has 0 aliphatic heterocycles. The summed E-state index contributed by atoms with van der Waals surface area (Å²) >= 11 is 0. The van der Waals surface area contributed by atoms with Crippen molar-refractivity contribution in [3.05, 3.63) is 36.5 Å². The Labute approximate surface area is 124 Å². The first kappa shape index (κ1) is 18.7. The van der Waals surface area contributed by atoms with E-state index in [9.17, 15) is 4.79 Å². The molecule has 20 heavy (non-hydrogen) atoms. The monoisotopic (exact) mass is 278 g/mol. The minimum Gasteiger partial charge on any atom is -0.481 e. The number of carboxylic acids is 1. The smallest absolute Gasteiger partial charge is 0.303 e. The molecule has 0 saturated carbocycles. The SMILES string of the molecule is CCCCCC/C=C\C/C=C\C/C=C\CCCC(=O)O. The van der Waals surface area contributed by atoms with Gasteiger partial charge in [0.15, 0.2) is 0 Å². The number of aliphatic carboxylic acids is 1. The van der Waals surface area contributed by atoms with E-state index in [0.29, 0.717) is 0 Å². The van der Waals surface area contributed by atoms with E-state index >= 15 is 0 Å². The summed E-state index contributed by atoms with van der Waals surface area (Å²) < 4.78 is 0. The normalized spacial score (nSPS) is 12.1. The molecule has 1 N–H and O–H groups in total. The number of hydrogen-bond acceptors (Lipinski definition) is 1. The maximum Gasteiger partial charge on any atom is 0.303 e. The predicted molar refractivity (Wildman–Crippen MR) is 86.9 cm³/mol. The molecule has 0 aliphatic carbocycles. The summed E-state index contributed by atoms with van der Waals surface area (Å²) in [6, 6.07) is 0. The number of carbonyl (C=O) groups is 1. The van der Waals surface area contributed by atoms with Crippen LogP contribution >= 0.6 is 0 Å². The van der Waals surface area contributed by atoms with Crippen molar-refractivity contribution in [2.24, 2.45) is 0 Å². The molecular formula is C18H30O2. The van der Waals surface area contributed by atoms with Crippen LogP contribution in [-0.2, 0) is 4.79 Å². The van der Waals surface area contributed by atoms with Crippen molar-refractivity contribution in [2.75, 3.05) is 0 Å². The van der Waals surface area contributed by atoms with Gasteiger partial charge in [0.25, 0.3) is 0 Å². The zero-order valence-corrected chi connectivity index (χ0v) is 12.9. The molecule has 0 saturated heterocycles. The lowest BCUT2D eigenvalue weighted by molar-refractivity contribution is -0.137. The molecule has 0 aliphatic rings. The van der Waals surface area contributed by atoms with Gasteiger partial charge in [0.1, 0.15) is 0 Å². The first-order valence-corrected chi connectivity index (χ1v) is 7.94. The summed E-state index contributed by atoms with van der Waals surface area (Å²) in [7, 11) is 0. The Bertz CT molecular complexity index is 301. The minimum atomic E-state index is -0.709. The lowest BCUT2D eigenvalue weighted by Gasteiger charge is -1.93. The molecule has 0 aromatic rings. The van der Waals surface area contributed by atoms with E-state index in [1.54, 1.807) is 0 Å². The van der Waals surface area contributed by atoms with Crippen LogP contribution in [0, 0.1) is 0 Å². The van der Waals surface area contributed by atoms with Crippen LogP contribution in [0.5, 0.6) is 0 Å². The maximum absolute atomic E-state index is 10.3. The van der Waals surface area contributed by atoms with E-state index in [1.165, 1.54) is 32.1 Å². The van der Waals surface area contributed by atoms with Crippen LogP contribution in [0.2, 0.25) is 0 Å². The van der Waals surface area contributed by atoms with Crippen molar-refractivity contribution in [2.45, 2.75) is 71.1 Å². The number of rotatable bonds is 13. The molecule has 114 valence electrons. The van der Waals surface area contributed by atoms with Gasteiger partial charge in [0, 0.05) is 6.42 Å². The molecule has 0 spiro atoms. The molecule has 0 aromatic carbocycles. The Hall–Kier alpha value is -1.31. The van der Waals surface area contributed by atoms with Crippen LogP contribution in [-0.4, -0.2) is 11.1 Å². The lowest BCUT2D eigenvalue weighted by Crippen LogP contribution is -1.92. The van der Waals surface area contributed by atoms with E-state index in [0.717, 1.165) is 25.7 Å². The second-order valence-electron chi connectivity index (χ2n) is 5.02. The van der Waals surface area contributed by atoms with E-state index < -0.39 is 5.97 Å². The topological polar surface area (TPSA) is 37.3 Å². The third-order valence-corrected chi connectivity index (χ3v) is 3.03. The van der Waals surface area contributed by atoms with Gasteiger partial charge in [-0.15, -0.1) is 0 Å². The Morgan fingerprint density at radius 3 is 1.90 bits per heavy atom. The summed E-state index contributed by atoms with van der Waals surface area (Å²) in [5.74, 6) is -0.709. The molecule has 0 atom stereocenters. The average molecular weight is 278 g/mol. The van der Waals surface area contributed by atoms with E-state index in [4.69, 9.17) is 5.11 Å². The highest BCUT2D eigenvalue weighted by atomic mass is 16.4. The van der Waals surface area contributed by atoms with Crippen molar-refractivity contribution in [3.63, 3.8) is 0 Å². The second-order valence-corrected chi connectivity index (χ2v) is 5.02. The fourth-order valence-corrected chi connectivity index (χ4v) is 1.84. The fraction of sp³-hybridized carbons (Fsp3) is 0.611. The first-order valence-electron chi connectivity index (χ1n) is 7.94. The summed E-state index contributed by atoms with van der Waals surface area (Å²) in [4.78, 5) is 10.3. The fourth-order valence-electron chi connectivity index (χ4n) is 1.84. The highest BCUT2D eigenvalue weighted by Crippen LogP contribution is 2.03. The molecule has 0 rings (SSSR count). The van der Waals surface area contributed by atoms with Gasteiger partial charge in [-0.05, 0) is 38.5 Å². The second kappa shape index (κ2) is 15.7. The average Bonchev–Trinajstić information content (AvgIpc) is 2.43. The summed E-state index contributed by atoms with van der Waals surface area (Å²) in [6.45, 7) is 2.24. The molecule has 0 aromatic heterocycles. The van der Waals surface area contributed by atoms with Crippen LogP contribution in [0.15, 0.2) is 36.5 Å². The van der Waals surface area contributed by atoms with Crippen molar-refractivity contribution in [3.8, 4) is 0 Å². The third-order valence-electron chi connectivity index (χ3n) is 3.03. The highest BCUT2D eigenvalue weighted by molar-refractivity contribution is 5.66. The first-order chi connectivity index (χ1) is 9.77. The largest absolute Gasteiger partial charge is 0.481 e. The number of hydrogen-bond donors (Lipinski definition) is 1. The van der Waals surface area contributed by atoms with E-state index in [2.05, 4.69) is 43.4 Å². The zero-order valence-electron chi connectivity index (χ0n) is 12.9. The molecule has 0 bridgehead atoms. The standard InChI is InChI=1S/C18H30O2/c1-2-3-4-5-6-7-8-9-10-11-12-13-14-15-16-17-18(19)20/h7-8,10-11,13-14H,2-6,9,12,15-17H2,1H3,(H,19,20)/b8-7-,11-10-,14-13-. The molecule has 0 unspecified atom stereocenters. The Morgan fingerprint density at radius 1 is 0.800 bits per heavy atom. The zero-order chi connectivity index (χ0) is 14.9. The number of unbranched alkanes of at least 4 members (excludes halogenated alkanes) is 5. The van der Waals surface area contributed by atoms with Crippen LogP contribution in [0.25, 0.3) is 0 Å². The molecule has 2 heteroatoms. The highest BCUT2D eigenvalue weighted by Gasteiger charge is 1.92. The summed E-state index contributed by atoms with van der Waals surface area (Å²) in [5, 5.41) is 8.48. The van der Waals surface area contributed by atoms with Crippen LogP contribution < -0.4 is 0 Å². The Balaban J connectivity index is 3.32. The molecular weight excluding hydrogens is 248 g/mol. The molecule has 0 heterocycles. The Morgan fingerprint density at radius 2 is 1.35 bits per heavy atom. The van der Waals surface area contributed by atoms with Gasteiger partial charge < -0.3 is 5.11 Å². The number of allylic oxidation sites excluding steroid dienone is 6. The number of carboxylic acid groups (broad SMARTS) is 1. The summed E-state index contributed by atoms with van der Waals surface area (Å²) in [6.07, 6.45) is 23.4. The van der Waals surface area contributed by atoms with Gasteiger partial charge in [0.05, 0.1) is 0 Å². The lowest BCUT2D eigenvalue weighted by atomic mass is 10.1.